The van der Waals surface area contributed by atoms with Crippen molar-refractivity contribution in [3.63, 3.8) is 0 Å². The molecule has 0 bridgehead atoms. The second-order valence-corrected chi connectivity index (χ2v) is 14.7. The molecule has 0 amide bonds. The lowest BCUT2D eigenvalue weighted by Crippen LogP contribution is -2.37. The van der Waals surface area contributed by atoms with Crippen LogP contribution >= 0.6 is 0 Å². The van der Waals surface area contributed by atoms with E-state index in [9.17, 15) is 0 Å². The Kier molecular flexibility index (Phi) is 7.24. The zero-order chi connectivity index (χ0) is 30.6. The van der Waals surface area contributed by atoms with Gasteiger partial charge >= 0.3 is 0 Å². The van der Waals surface area contributed by atoms with Crippen molar-refractivity contribution >= 4 is 0 Å². The highest BCUT2D eigenvalue weighted by Gasteiger charge is 2.51. The van der Waals surface area contributed by atoms with Gasteiger partial charge in [-0.2, -0.15) is 0 Å². The van der Waals surface area contributed by atoms with E-state index in [0.717, 1.165) is 6.42 Å². The van der Waals surface area contributed by atoms with Crippen LogP contribution in [0.3, 0.4) is 0 Å². The molecule has 0 aromatic heterocycles. The van der Waals surface area contributed by atoms with Gasteiger partial charge in [0.15, 0.2) is 0 Å². The van der Waals surface area contributed by atoms with E-state index in [4.69, 9.17) is 0 Å². The maximum atomic E-state index is 4.14. The van der Waals surface area contributed by atoms with Crippen LogP contribution in [-0.4, -0.2) is 0 Å². The summed E-state index contributed by atoms with van der Waals surface area (Å²) in [4.78, 5) is 0. The minimum atomic E-state index is -0.394. The third kappa shape index (κ3) is 4.86. The molecule has 4 aromatic rings. The molecule has 2 aliphatic rings. The number of hydrogen-bond donors (Lipinski definition) is 0. The first-order chi connectivity index (χ1) is 20.5. The van der Waals surface area contributed by atoms with Gasteiger partial charge < -0.3 is 0 Å². The molecule has 0 spiro atoms. The van der Waals surface area contributed by atoms with Gasteiger partial charge in [-0.05, 0) is 73.2 Å². The smallest absolute Gasteiger partial charge is 0.0526 e. The molecule has 0 N–H and O–H groups in total. The van der Waals surface area contributed by atoms with Gasteiger partial charge in [0.05, 0.1) is 5.41 Å². The minimum absolute atomic E-state index is 0.0494. The average molecular weight is 563 g/mol. The largest absolute Gasteiger partial charge is 0.102 e. The van der Waals surface area contributed by atoms with Gasteiger partial charge in [-0.25, -0.2) is 0 Å². The minimum Gasteiger partial charge on any atom is -0.102 e. The Morgan fingerprint density at radius 2 is 1.12 bits per heavy atom. The van der Waals surface area contributed by atoms with Crippen LogP contribution in [0.2, 0.25) is 0 Å². The van der Waals surface area contributed by atoms with Gasteiger partial charge in [-0.3, -0.25) is 0 Å². The first kappa shape index (κ1) is 29.2. The Bertz CT molecular complexity index is 1610. The molecular formula is C43H46. The second kappa shape index (κ2) is 10.7. The zero-order valence-electron chi connectivity index (χ0n) is 27.0. The number of rotatable bonds is 6. The highest BCUT2D eigenvalue weighted by atomic mass is 14.5. The Labute approximate surface area is 259 Å². The summed E-state index contributed by atoms with van der Waals surface area (Å²) < 4.78 is 0. The summed E-state index contributed by atoms with van der Waals surface area (Å²) in [6.45, 7) is 20.4. The maximum Gasteiger partial charge on any atom is 0.0526 e. The van der Waals surface area contributed by atoms with E-state index in [1.165, 1.54) is 55.7 Å². The van der Waals surface area contributed by atoms with Crippen LogP contribution in [0, 0.1) is 5.92 Å². The molecule has 43 heavy (non-hydrogen) atoms. The van der Waals surface area contributed by atoms with Crippen molar-refractivity contribution < 1.29 is 0 Å². The first-order valence-corrected chi connectivity index (χ1v) is 15.9. The molecule has 0 heteroatoms. The Morgan fingerprint density at radius 1 is 0.651 bits per heavy atom. The Balaban J connectivity index is 1.76. The molecule has 4 aromatic carbocycles. The highest BCUT2D eigenvalue weighted by molar-refractivity contribution is 5.83. The van der Waals surface area contributed by atoms with Crippen LogP contribution in [0.25, 0.3) is 11.1 Å². The molecule has 0 radical (unpaired) electrons. The van der Waals surface area contributed by atoms with E-state index >= 15 is 0 Å². The van der Waals surface area contributed by atoms with Gasteiger partial charge in [0.2, 0.25) is 0 Å². The fourth-order valence-electron chi connectivity index (χ4n) is 7.39. The van der Waals surface area contributed by atoms with E-state index < -0.39 is 5.41 Å². The van der Waals surface area contributed by atoms with E-state index in [-0.39, 0.29) is 16.7 Å². The molecule has 6 rings (SSSR count). The Morgan fingerprint density at radius 3 is 1.53 bits per heavy atom. The van der Waals surface area contributed by atoms with Crippen molar-refractivity contribution in [3.05, 3.63) is 166 Å². The van der Waals surface area contributed by atoms with E-state index in [1.54, 1.807) is 0 Å². The maximum absolute atomic E-state index is 4.14. The molecule has 0 heterocycles. The monoisotopic (exact) mass is 562 g/mol. The van der Waals surface area contributed by atoms with Crippen LogP contribution < -0.4 is 0 Å². The van der Waals surface area contributed by atoms with Crippen molar-refractivity contribution in [1.82, 2.24) is 0 Å². The van der Waals surface area contributed by atoms with Crippen molar-refractivity contribution in [3.8, 4) is 11.1 Å². The topological polar surface area (TPSA) is 0 Å². The predicted molar refractivity (Wildman–Crippen MR) is 185 cm³/mol. The van der Waals surface area contributed by atoms with Crippen LogP contribution in [0.5, 0.6) is 0 Å². The fraction of sp³-hybridized carbons (Fsp3) is 0.302. The molecule has 0 saturated carbocycles. The summed E-state index contributed by atoms with van der Waals surface area (Å²) in [5, 5.41) is 0. The normalized spacial score (nSPS) is 15.9. The van der Waals surface area contributed by atoms with Gasteiger partial charge in [-0.15, -0.1) is 6.58 Å². The number of hydrogen-bond acceptors (Lipinski definition) is 0. The molecule has 1 atom stereocenters. The summed E-state index contributed by atoms with van der Waals surface area (Å²) in [5.41, 5.74) is 13.6. The SMILES string of the molecule is C=CC(C)C1=CCC(C(c2ccccc2)(c2ccccc2)C2c3cc(C(C)(C)C)ccc3-c3ccc(C(C)(C)C)cc32)=C1. The summed E-state index contributed by atoms with van der Waals surface area (Å²) in [7, 11) is 0. The van der Waals surface area contributed by atoms with E-state index in [2.05, 4.69) is 170 Å². The third-order valence-corrected chi connectivity index (χ3v) is 9.92. The van der Waals surface area contributed by atoms with Gasteiger partial charge in [0, 0.05) is 5.92 Å². The lowest BCUT2D eigenvalue weighted by molar-refractivity contribution is 0.521. The summed E-state index contributed by atoms with van der Waals surface area (Å²) in [6.07, 6.45) is 7.95. The number of allylic oxidation sites excluding steroid dienone is 5. The fourth-order valence-corrected chi connectivity index (χ4v) is 7.39. The lowest BCUT2D eigenvalue weighted by Gasteiger charge is -2.43. The summed E-state index contributed by atoms with van der Waals surface area (Å²) in [6, 6.07) is 37.2. The molecular weight excluding hydrogens is 516 g/mol. The van der Waals surface area contributed by atoms with Crippen LogP contribution in [0.1, 0.15) is 94.2 Å². The van der Waals surface area contributed by atoms with Gasteiger partial charge in [0.1, 0.15) is 0 Å². The quantitative estimate of drug-likeness (QED) is 0.205. The average Bonchev–Trinajstić information content (AvgIpc) is 3.61. The highest BCUT2D eigenvalue weighted by Crippen LogP contribution is 2.61. The van der Waals surface area contributed by atoms with Crippen molar-refractivity contribution in [2.75, 3.05) is 0 Å². The molecule has 0 saturated heterocycles. The van der Waals surface area contributed by atoms with Gasteiger partial charge in [0.25, 0.3) is 0 Å². The Hall–Kier alpha value is -3.90. The van der Waals surface area contributed by atoms with E-state index in [1.807, 2.05) is 0 Å². The molecule has 0 nitrogen and oxygen atoms in total. The van der Waals surface area contributed by atoms with Crippen LogP contribution in [0.15, 0.2) is 133 Å². The lowest BCUT2D eigenvalue weighted by atomic mass is 9.58. The predicted octanol–water partition coefficient (Wildman–Crippen LogP) is 11.5. The zero-order valence-corrected chi connectivity index (χ0v) is 27.0. The van der Waals surface area contributed by atoms with Crippen LogP contribution in [0.4, 0.5) is 0 Å². The molecule has 1 unspecified atom stereocenters. The molecule has 218 valence electrons. The van der Waals surface area contributed by atoms with Crippen LogP contribution in [-0.2, 0) is 16.2 Å². The molecule has 0 aliphatic heterocycles. The standard InChI is InChI=1S/C43H46/c1-9-29(2)30-20-21-35(26-30)43(31-16-12-10-13-17-31,32-18-14-11-15-19-32)40-38-27-33(41(3,4)5)22-24-36(38)37-25-23-34(28-39(37)40)42(6,7)8/h9-20,22-29,40H,1,21H2,2-8H3. The number of fused-ring (bicyclic) bond motifs is 3. The number of benzene rings is 4. The molecule has 2 aliphatic carbocycles. The van der Waals surface area contributed by atoms with E-state index in [0.29, 0.717) is 5.92 Å². The van der Waals surface area contributed by atoms with Gasteiger partial charge in [-0.1, -0.05) is 169 Å². The summed E-state index contributed by atoms with van der Waals surface area (Å²) in [5.74, 6) is 0.426. The van der Waals surface area contributed by atoms with Crippen molar-refractivity contribution in [2.45, 2.75) is 77.0 Å². The van der Waals surface area contributed by atoms with Crippen molar-refractivity contribution in [1.29, 1.82) is 0 Å². The second-order valence-electron chi connectivity index (χ2n) is 14.7. The first-order valence-electron chi connectivity index (χ1n) is 15.9. The summed E-state index contributed by atoms with van der Waals surface area (Å²) >= 11 is 0. The third-order valence-electron chi connectivity index (χ3n) is 9.92. The van der Waals surface area contributed by atoms with Crippen molar-refractivity contribution in [2.24, 2.45) is 5.92 Å². The molecule has 0 fully saturated rings.